The van der Waals surface area contributed by atoms with Crippen molar-refractivity contribution < 1.29 is 8.42 Å². The van der Waals surface area contributed by atoms with Gasteiger partial charge in [-0.3, -0.25) is 0 Å². The highest BCUT2D eigenvalue weighted by Gasteiger charge is 2.27. The molecule has 0 amide bonds. The third-order valence-electron chi connectivity index (χ3n) is 3.13. The molecular formula is C11H16ClNO2S2. The van der Waals surface area contributed by atoms with Crippen LogP contribution in [0.4, 0.5) is 0 Å². The maximum absolute atomic E-state index is 11.3. The smallest absolute Gasteiger partial charge is 0.150 e. The summed E-state index contributed by atoms with van der Waals surface area (Å²) in [5, 5.41) is 5.41. The number of halogens is 1. The molecule has 0 spiro atoms. The van der Waals surface area contributed by atoms with E-state index in [1.165, 1.54) is 16.9 Å². The van der Waals surface area contributed by atoms with E-state index in [4.69, 9.17) is 11.6 Å². The normalized spacial score (nSPS) is 24.9. The van der Waals surface area contributed by atoms with Gasteiger partial charge in [-0.25, -0.2) is 8.42 Å². The second-order valence-corrected chi connectivity index (χ2v) is 8.35. The predicted molar refractivity (Wildman–Crippen MR) is 72.5 cm³/mol. The van der Waals surface area contributed by atoms with Crippen molar-refractivity contribution in [2.24, 2.45) is 5.92 Å². The lowest BCUT2D eigenvalue weighted by atomic mass is 10.1. The minimum atomic E-state index is -2.76. The molecule has 1 aromatic rings. The molecular weight excluding hydrogens is 278 g/mol. The fourth-order valence-electron chi connectivity index (χ4n) is 2.04. The lowest BCUT2D eigenvalue weighted by Crippen LogP contribution is -2.26. The highest BCUT2D eigenvalue weighted by atomic mass is 35.5. The van der Waals surface area contributed by atoms with Gasteiger partial charge >= 0.3 is 0 Å². The molecule has 2 heterocycles. The van der Waals surface area contributed by atoms with Crippen molar-refractivity contribution in [2.75, 3.05) is 18.1 Å². The van der Waals surface area contributed by atoms with Gasteiger partial charge in [0.15, 0.2) is 9.84 Å². The molecule has 3 nitrogen and oxygen atoms in total. The third-order valence-corrected chi connectivity index (χ3v) is 6.07. The van der Waals surface area contributed by atoms with E-state index in [0.29, 0.717) is 11.5 Å². The zero-order valence-electron chi connectivity index (χ0n) is 9.65. The van der Waals surface area contributed by atoms with Crippen molar-refractivity contribution in [1.82, 2.24) is 5.32 Å². The van der Waals surface area contributed by atoms with Crippen LogP contribution in [-0.2, 0) is 9.84 Å². The first-order valence-corrected chi connectivity index (χ1v) is 8.72. The van der Waals surface area contributed by atoms with Gasteiger partial charge < -0.3 is 5.32 Å². The minimum Gasteiger partial charge on any atom is -0.310 e. The Morgan fingerprint density at radius 3 is 2.94 bits per heavy atom. The first-order chi connectivity index (χ1) is 7.96. The summed E-state index contributed by atoms with van der Waals surface area (Å²) in [6.45, 7) is 2.83. The van der Waals surface area contributed by atoms with Gasteiger partial charge in [0.05, 0.1) is 15.8 Å². The van der Waals surface area contributed by atoms with E-state index in [1.807, 2.05) is 11.4 Å². The van der Waals surface area contributed by atoms with E-state index in [2.05, 4.69) is 12.2 Å². The van der Waals surface area contributed by atoms with E-state index in [1.54, 1.807) is 0 Å². The molecule has 0 aliphatic carbocycles. The van der Waals surface area contributed by atoms with Crippen LogP contribution in [0.25, 0.3) is 0 Å². The summed E-state index contributed by atoms with van der Waals surface area (Å²) in [6, 6.07) is 2.18. The van der Waals surface area contributed by atoms with Crippen molar-refractivity contribution in [2.45, 2.75) is 19.4 Å². The van der Waals surface area contributed by atoms with Crippen LogP contribution in [0.2, 0.25) is 4.34 Å². The fraction of sp³-hybridized carbons (Fsp3) is 0.636. The number of nitrogens with one attached hydrogen (secondary N) is 1. The maximum atomic E-state index is 11.3. The van der Waals surface area contributed by atoms with Crippen molar-refractivity contribution in [1.29, 1.82) is 0 Å². The molecule has 1 aliphatic heterocycles. The van der Waals surface area contributed by atoms with Gasteiger partial charge in [-0.05, 0) is 42.8 Å². The van der Waals surface area contributed by atoms with Crippen molar-refractivity contribution in [3.8, 4) is 0 Å². The lowest BCUT2D eigenvalue weighted by Gasteiger charge is -2.15. The average Bonchev–Trinajstić information content (AvgIpc) is 2.81. The molecule has 1 fully saturated rings. The van der Waals surface area contributed by atoms with Gasteiger partial charge in [0.2, 0.25) is 0 Å². The Kier molecular flexibility index (Phi) is 4.13. The van der Waals surface area contributed by atoms with E-state index in [-0.39, 0.29) is 12.0 Å². The summed E-state index contributed by atoms with van der Waals surface area (Å²) in [5.41, 5.74) is 1.17. The van der Waals surface area contributed by atoms with E-state index in [9.17, 15) is 8.42 Å². The standard InChI is InChI=1S/C11H16ClNO2S2/c1-8(10-4-11(12)16-6-10)13-5-9-2-3-17(14,15)7-9/h4,6,8-9,13H,2-3,5,7H2,1H3. The molecule has 0 aromatic carbocycles. The zero-order chi connectivity index (χ0) is 12.5. The second-order valence-electron chi connectivity index (χ2n) is 4.58. The lowest BCUT2D eigenvalue weighted by molar-refractivity contribution is 0.477. The third kappa shape index (κ3) is 3.68. The quantitative estimate of drug-likeness (QED) is 0.928. The highest BCUT2D eigenvalue weighted by molar-refractivity contribution is 7.91. The largest absolute Gasteiger partial charge is 0.310 e. The molecule has 0 radical (unpaired) electrons. The molecule has 0 bridgehead atoms. The van der Waals surface area contributed by atoms with Crippen LogP contribution in [0.1, 0.15) is 24.9 Å². The second kappa shape index (κ2) is 5.26. The molecule has 1 N–H and O–H groups in total. The van der Waals surface area contributed by atoms with Crippen LogP contribution in [0, 0.1) is 5.92 Å². The number of hydrogen-bond donors (Lipinski definition) is 1. The molecule has 2 rings (SSSR count). The van der Waals surface area contributed by atoms with E-state index < -0.39 is 9.84 Å². The van der Waals surface area contributed by atoms with Crippen LogP contribution in [0.15, 0.2) is 11.4 Å². The number of sulfone groups is 1. The molecule has 2 atom stereocenters. The maximum Gasteiger partial charge on any atom is 0.150 e. The van der Waals surface area contributed by atoms with Gasteiger partial charge in [0.1, 0.15) is 0 Å². The summed E-state index contributed by atoms with van der Waals surface area (Å²) in [4.78, 5) is 0. The molecule has 0 saturated carbocycles. The van der Waals surface area contributed by atoms with Crippen LogP contribution in [0.3, 0.4) is 0 Å². The minimum absolute atomic E-state index is 0.224. The highest BCUT2D eigenvalue weighted by Crippen LogP contribution is 2.25. The summed E-state index contributed by atoms with van der Waals surface area (Å²) in [6.07, 6.45) is 0.784. The van der Waals surface area contributed by atoms with Gasteiger partial charge in [-0.1, -0.05) is 11.6 Å². The monoisotopic (exact) mass is 293 g/mol. The van der Waals surface area contributed by atoms with Gasteiger partial charge in [0.25, 0.3) is 0 Å². The molecule has 96 valence electrons. The van der Waals surface area contributed by atoms with Crippen LogP contribution in [0.5, 0.6) is 0 Å². The van der Waals surface area contributed by atoms with Crippen molar-refractivity contribution in [3.63, 3.8) is 0 Å². The van der Waals surface area contributed by atoms with Crippen molar-refractivity contribution >= 4 is 32.8 Å². The van der Waals surface area contributed by atoms with Gasteiger partial charge in [0, 0.05) is 6.04 Å². The first-order valence-electron chi connectivity index (χ1n) is 5.64. The average molecular weight is 294 g/mol. The Labute approximate surface area is 111 Å². The molecule has 17 heavy (non-hydrogen) atoms. The SMILES string of the molecule is CC(NCC1CCS(=O)(=O)C1)c1csc(Cl)c1. The Bertz CT molecular complexity index is 483. The zero-order valence-corrected chi connectivity index (χ0v) is 12.0. The topological polar surface area (TPSA) is 46.2 Å². The van der Waals surface area contributed by atoms with E-state index >= 15 is 0 Å². The molecule has 1 saturated heterocycles. The Morgan fingerprint density at radius 2 is 2.41 bits per heavy atom. The predicted octanol–water partition coefficient (Wildman–Crippen LogP) is 2.49. The Balaban J connectivity index is 1.83. The van der Waals surface area contributed by atoms with Crippen molar-refractivity contribution in [3.05, 3.63) is 21.3 Å². The summed E-state index contributed by atoms with van der Waals surface area (Å²) in [7, 11) is -2.76. The van der Waals surface area contributed by atoms with Crippen LogP contribution >= 0.6 is 22.9 Å². The number of rotatable bonds is 4. The fourth-order valence-corrected chi connectivity index (χ4v) is 4.89. The molecule has 1 aromatic heterocycles. The summed E-state index contributed by atoms with van der Waals surface area (Å²) in [5.74, 6) is 0.936. The number of thiophene rings is 1. The molecule has 1 aliphatic rings. The van der Waals surface area contributed by atoms with Gasteiger partial charge in [-0.15, -0.1) is 11.3 Å². The Morgan fingerprint density at radius 1 is 1.65 bits per heavy atom. The molecule has 2 unspecified atom stereocenters. The Hall–Kier alpha value is -0.100. The van der Waals surface area contributed by atoms with Gasteiger partial charge in [-0.2, -0.15) is 0 Å². The summed E-state index contributed by atoms with van der Waals surface area (Å²) >= 11 is 7.40. The number of hydrogen-bond acceptors (Lipinski definition) is 4. The molecule has 6 heteroatoms. The van der Waals surface area contributed by atoms with Crippen LogP contribution in [-0.4, -0.2) is 26.5 Å². The van der Waals surface area contributed by atoms with E-state index in [0.717, 1.165) is 17.3 Å². The van der Waals surface area contributed by atoms with Crippen LogP contribution < -0.4 is 5.32 Å². The first kappa shape index (κ1) is 13.3. The summed E-state index contributed by atoms with van der Waals surface area (Å²) < 4.78 is 23.4.